The maximum Gasteiger partial charge on any atom is 0.100 e. The summed E-state index contributed by atoms with van der Waals surface area (Å²) in [6.07, 6.45) is 16.9. The molecule has 0 bridgehead atoms. The van der Waals surface area contributed by atoms with Crippen molar-refractivity contribution in [1.82, 2.24) is 0 Å². The highest BCUT2D eigenvalue weighted by molar-refractivity contribution is 5.25. The third-order valence-corrected chi connectivity index (χ3v) is 10.9. The smallest absolute Gasteiger partial charge is 0.100 e. The predicted molar refractivity (Wildman–Crippen MR) is 131 cm³/mol. The number of allylic oxidation sites excluding steroid dienone is 2. The van der Waals surface area contributed by atoms with Gasteiger partial charge in [0.05, 0.1) is 6.10 Å². The first-order valence-corrected chi connectivity index (χ1v) is 13.5. The highest BCUT2D eigenvalue weighted by atomic mass is 17.1. The van der Waals surface area contributed by atoms with Crippen molar-refractivity contribution in [3.05, 3.63) is 23.3 Å². The Morgan fingerprint density at radius 2 is 1.91 bits per heavy atom. The van der Waals surface area contributed by atoms with Crippen LogP contribution in [0.25, 0.3) is 0 Å². The molecular weight excluding hydrogens is 396 g/mol. The van der Waals surface area contributed by atoms with Crippen molar-refractivity contribution in [2.24, 2.45) is 46.3 Å². The standard InChI is InChI=1S/C29H48O3/c1-19(2)21(14-17-32-31)7-6-20(3)25-10-11-26-24-9-8-22-18-23(30)12-15-28(22,4)27(24)13-16-29(25,26)5/h8,14,19-20,23-27,30-31H,6-7,9-13,15-18H2,1-5H3/t20-,23+,24+,25-,26+,27+,28+,29-/m1/s1. The second kappa shape index (κ2) is 9.55. The van der Waals surface area contributed by atoms with Gasteiger partial charge in [-0.3, -0.25) is 5.26 Å². The van der Waals surface area contributed by atoms with Crippen LogP contribution in [-0.4, -0.2) is 23.1 Å². The van der Waals surface area contributed by atoms with Crippen molar-refractivity contribution >= 4 is 0 Å². The van der Waals surface area contributed by atoms with Gasteiger partial charge in [-0.05, 0) is 111 Å². The molecule has 0 aromatic heterocycles. The molecule has 182 valence electrons. The second-order valence-corrected chi connectivity index (χ2v) is 12.6. The minimum Gasteiger partial charge on any atom is -0.393 e. The van der Waals surface area contributed by atoms with Crippen molar-refractivity contribution in [3.8, 4) is 0 Å². The molecule has 0 unspecified atom stereocenters. The Bertz CT molecular complexity index is 724. The minimum absolute atomic E-state index is 0.106. The predicted octanol–water partition coefficient (Wildman–Crippen LogP) is 7.41. The average Bonchev–Trinajstić information content (AvgIpc) is 3.11. The van der Waals surface area contributed by atoms with E-state index < -0.39 is 0 Å². The van der Waals surface area contributed by atoms with Gasteiger partial charge in [-0.15, -0.1) is 0 Å². The molecule has 4 aliphatic rings. The molecule has 0 aromatic rings. The van der Waals surface area contributed by atoms with Crippen LogP contribution in [0.1, 0.15) is 98.8 Å². The number of aliphatic hydroxyl groups excluding tert-OH is 1. The first-order chi connectivity index (χ1) is 15.2. The Morgan fingerprint density at radius 3 is 2.62 bits per heavy atom. The summed E-state index contributed by atoms with van der Waals surface area (Å²) in [6, 6.07) is 0. The quantitative estimate of drug-likeness (QED) is 0.244. The first-order valence-electron chi connectivity index (χ1n) is 13.5. The number of fused-ring (bicyclic) bond motifs is 5. The third kappa shape index (κ3) is 4.27. The van der Waals surface area contributed by atoms with Gasteiger partial charge in [0.15, 0.2) is 0 Å². The van der Waals surface area contributed by atoms with Crippen LogP contribution in [0.2, 0.25) is 0 Å². The van der Waals surface area contributed by atoms with E-state index in [-0.39, 0.29) is 6.10 Å². The van der Waals surface area contributed by atoms with Gasteiger partial charge in [0.1, 0.15) is 6.61 Å². The summed E-state index contributed by atoms with van der Waals surface area (Å²) in [6.45, 7) is 12.5. The molecule has 3 fully saturated rings. The Morgan fingerprint density at radius 1 is 1.12 bits per heavy atom. The van der Waals surface area contributed by atoms with Crippen LogP contribution in [-0.2, 0) is 4.89 Å². The van der Waals surface area contributed by atoms with Gasteiger partial charge < -0.3 is 5.11 Å². The summed E-state index contributed by atoms with van der Waals surface area (Å²) in [5.41, 5.74) is 3.85. The van der Waals surface area contributed by atoms with E-state index in [0.29, 0.717) is 23.4 Å². The largest absolute Gasteiger partial charge is 0.393 e. The molecular formula is C29H48O3. The van der Waals surface area contributed by atoms with Gasteiger partial charge in [-0.2, -0.15) is 0 Å². The van der Waals surface area contributed by atoms with Crippen molar-refractivity contribution in [3.63, 3.8) is 0 Å². The summed E-state index contributed by atoms with van der Waals surface area (Å²) in [7, 11) is 0. The lowest BCUT2D eigenvalue weighted by Crippen LogP contribution is -2.50. The van der Waals surface area contributed by atoms with Crippen LogP contribution in [0.4, 0.5) is 0 Å². The van der Waals surface area contributed by atoms with Gasteiger partial charge in [-0.1, -0.05) is 57.9 Å². The number of rotatable bonds is 7. The Balaban J connectivity index is 1.46. The number of aliphatic hydroxyl groups is 1. The molecule has 32 heavy (non-hydrogen) atoms. The highest BCUT2D eigenvalue weighted by Crippen LogP contribution is 2.67. The second-order valence-electron chi connectivity index (χ2n) is 12.6. The normalized spacial score (nSPS) is 42.8. The van der Waals surface area contributed by atoms with Gasteiger partial charge in [0, 0.05) is 0 Å². The maximum atomic E-state index is 10.3. The van der Waals surface area contributed by atoms with Gasteiger partial charge in [0.2, 0.25) is 0 Å². The van der Waals surface area contributed by atoms with E-state index in [1.54, 1.807) is 5.57 Å². The number of hydrogen-bond acceptors (Lipinski definition) is 3. The minimum atomic E-state index is -0.106. The molecule has 4 aliphatic carbocycles. The van der Waals surface area contributed by atoms with E-state index in [9.17, 15) is 5.11 Å². The van der Waals surface area contributed by atoms with E-state index >= 15 is 0 Å². The molecule has 0 aliphatic heterocycles. The zero-order chi connectivity index (χ0) is 23.1. The molecule has 0 aromatic carbocycles. The van der Waals surface area contributed by atoms with Crippen molar-refractivity contribution in [2.45, 2.75) is 105 Å². The lowest BCUT2D eigenvalue weighted by Gasteiger charge is -2.58. The summed E-state index contributed by atoms with van der Waals surface area (Å²) in [5, 5.41) is 19.0. The van der Waals surface area contributed by atoms with Crippen molar-refractivity contribution < 1.29 is 15.3 Å². The third-order valence-electron chi connectivity index (χ3n) is 10.9. The van der Waals surface area contributed by atoms with E-state index in [1.807, 2.05) is 0 Å². The summed E-state index contributed by atoms with van der Waals surface area (Å²) in [5.74, 6) is 4.64. The molecule has 0 spiro atoms. The van der Waals surface area contributed by atoms with Gasteiger partial charge in [-0.25, -0.2) is 4.89 Å². The van der Waals surface area contributed by atoms with Crippen LogP contribution in [0.3, 0.4) is 0 Å². The monoisotopic (exact) mass is 444 g/mol. The molecule has 2 N–H and O–H groups in total. The Kier molecular flexibility index (Phi) is 7.30. The van der Waals surface area contributed by atoms with Gasteiger partial charge in [0.25, 0.3) is 0 Å². The lowest BCUT2D eigenvalue weighted by atomic mass is 9.47. The van der Waals surface area contributed by atoms with E-state index in [2.05, 4.69) is 51.7 Å². The number of hydrogen-bond donors (Lipinski definition) is 2. The molecule has 3 nitrogen and oxygen atoms in total. The molecule has 0 radical (unpaired) electrons. The molecule has 4 rings (SSSR count). The summed E-state index contributed by atoms with van der Waals surface area (Å²) in [4.78, 5) is 4.32. The SMILES string of the molecule is CC(C)C(=CCOO)CC[C@@H](C)[C@H]1CC[C@H]2[C@@H]3CC=C4C[C@@H](O)CC[C@]4(C)[C@H]3CC[C@]12C. The summed E-state index contributed by atoms with van der Waals surface area (Å²) < 4.78 is 0. The van der Waals surface area contributed by atoms with Crippen LogP contribution in [0.5, 0.6) is 0 Å². The van der Waals surface area contributed by atoms with Crippen LogP contribution >= 0.6 is 0 Å². The Hall–Kier alpha value is -0.640. The first kappa shape index (κ1) is 24.5. The average molecular weight is 445 g/mol. The van der Waals surface area contributed by atoms with E-state index in [1.165, 1.54) is 50.5 Å². The molecule has 3 saturated carbocycles. The van der Waals surface area contributed by atoms with E-state index in [4.69, 9.17) is 5.26 Å². The van der Waals surface area contributed by atoms with Crippen molar-refractivity contribution in [2.75, 3.05) is 6.61 Å². The fraction of sp³-hybridized carbons (Fsp3) is 0.862. The lowest BCUT2D eigenvalue weighted by molar-refractivity contribution is -0.232. The molecule has 0 saturated heterocycles. The molecule has 8 atom stereocenters. The summed E-state index contributed by atoms with van der Waals surface area (Å²) >= 11 is 0. The van der Waals surface area contributed by atoms with Gasteiger partial charge >= 0.3 is 0 Å². The van der Waals surface area contributed by atoms with Crippen molar-refractivity contribution in [1.29, 1.82) is 0 Å². The maximum absolute atomic E-state index is 10.3. The highest BCUT2D eigenvalue weighted by Gasteiger charge is 2.59. The van der Waals surface area contributed by atoms with E-state index in [0.717, 1.165) is 48.9 Å². The zero-order valence-corrected chi connectivity index (χ0v) is 21.3. The van der Waals surface area contributed by atoms with Crippen LogP contribution < -0.4 is 0 Å². The fourth-order valence-corrected chi connectivity index (χ4v) is 8.98. The van der Waals surface area contributed by atoms with Crippen LogP contribution in [0, 0.1) is 46.3 Å². The van der Waals surface area contributed by atoms with Crippen LogP contribution in [0.15, 0.2) is 23.3 Å². The zero-order valence-electron chi connectivity index (χ0n) is 21.3. The topological polar surface area (TPSA) is 49.7 Å². The fourth-order valence-electron chi connectivity index (χ4n) is 8.98. The molecule has 0 amide bonds. The molecule has 0 heterocycles. The molecule has 3 heteroatoms. The Labute approximate surface area is 196 Å².